The number of aromatic nitrogens is 4. The van der Waals surface area contributed by atoms with E-state index >= 15 is 0 Å². The van der Waals surface area contributed by atoms with E-state index in [-0.39, 0.29) is 42.0 Å². The summed E-state index contributed by atoms with van der Waals surface area (Å²) in [7, 11) is 0. The van der Waals surface area contributed by atoms with Crippen molar-refractivity contribution in [2.24, 2.45) is 0 Å². The zero-order chi connectivity index (χ0) is 31.6. The molecule has 0 spiro atoms. The van der Waals surface area contributed by atoms with Crippen molar-refractivity contribution >= 4 is 29.4 Å². The summed E-state index contributed by atoms with van der Waals surface area (Å²) in [5.41, 5.74) is -0.929. The molecule has 1 unspecified atom stereocenters. The molecule has 0 radical (unpaired) electrons. The summed E-state index contributed by atoms with van der Waals surface area (Å²) in [5, 5.41) is 17.7. The van der Waals surface area contributed by atoms with E-state index in [0.717, 1.165) is 27.9 Å². The van der Waals surface area contributed by atoms with Crippen LogP contribution < -0.4 is 0 Å². The van der Waals surface area contributed by atoms with Crippen LogP contribution in [0.3, 0.4) is 0 Å². The molecule has 5 rings (SSSR count). The summed E-state index contributed by atoms with van der Waals surface area (Å²) in [6.45, 7) is 1.16. The first-order chi connectivity index (χ1) is 20.0. The van der Waals surface area contributed by atoms with Gasteiger partial charge in [0.15, 0.2) is 6.04 Å². The number of benzene rings is 1. The molecular formula is C26H23ClF6N6O4. The van der Waals surface area contributed by atoms with Gasteiger partial charge in [-0.25, -0.2) is 9.48 Å². The number of aliphatic carboxylic acids is 1. The number of carboxylic acid groups (broad SMARTS) is 1. The second-order valence-electron chi connectivity index (χ2n) is 10.4. The second-order valence-corrected chi connectivity index (χ2v) is 10.8. The molecule has 2 aliphatic rings. The van der Waals surface area contributed by atoms with E-state index in [9.17, 15) is 45.8 Å². The first kappa shape index (κ1) is 30.4. The molecule has 17 heteroatoms. The number of nitrogens with zero attached hydrogens (tertiary/aromatic N) is 6. The van der Waals surface area contributed by atoms with Crippen molar-refractivity contribution in [1.29, 1.82) is 0 Å². The van der Waals surface area contributed by atoms with Crippen molar-refractivity contribution in [3.05, 3.63) is 69.3 Å². The predicted molar refractivity (Wildman–Crippen MR) is 136 cm³/mol. The summed E-state index contributed by atoms with van der Waals surface area (Å²) in [4.78, 5) is 41.9. The van der Waals surface area contributed by atoms with Crippen LogP contribution in [0.2, 0.25) is 5.02 Å². The Hall–Kier alpha value is -4.08. The van der Waals surface area contributed by atoms with Crippen LogP contribution in [-0.4, -0.2) is 71.0 Å². The van der Waals surface area contributed by atoms with Crippen molar-refractivity contribution in [2.75, 3.05) is 6.54 Å². The minimum Gasteiger partial charge on any atom is -0.480 e. The van der Waals surface area contributed by atoms with E-state index in [1.165, 1.54) is 17.9 Å². The minimum absolute atomic E-state index is 0.0812. The van der Waals surface area contributed by atoms with Gasteiger partial charge in [0.2, 0.25) is 0 Å². The summed E-state index contributed by atoms with van der Waals surface area (Å²) >= 11 is 5.70. The summed E-state index contributed by atoms with van der Waals surface area (Å²) < 4.78 is 80.5. The van der Waals surface area contributed by atoms with Crippen LogP contribution in [0.15, 0.2) is 30.5 Å². The third-order valence-electron chi connectivity index (χ3n) is 7.53. The number of amides is 2. The van der Waals surface area contributed by atoms with E-state index in [0.29, 0.717) is 16.4 Å². The maximum Gasteiger partial charge on any atom is 0.417 e. The highest BCUT2D eigenvalue weighted by Crippen LogP contribution is 2.38. The van der Waals surface area contributed by atoms with Crippen LogP contribution in [0, 0.1) is 0 Å². The Morgan fingerprint density at radius 3 is 2.47 bits per heavy atom. The Morgan fingerprint density at radius 2 is 1.84 bits per heavy atom. The van der Waals surface area contributed by atoms with Gasteiger partial charge in [-0.3, -0.25) is 14.3 Å². The molecule has 2 aliphatic heterocycles. The molecule has 3 atom stereocenters. The maximum absolute atomic E-state index is 13.8. The Bertz CT molecular complexity index is 1620. The lowest BCUT2D eigenvalue weighted by Crippen LogP contribution is -2.48. The minimum atomic E-state index is -4.81. The number of hydrogen-bond acceptors (Lipinski definition) is 5. The highest BCUT2D eigenvalue weighted by atomic mass is 35.5. The first-order valence-corrected chi connectivity index (χ1v) is 13.3. The van der Waals surface area contributed by atoms with Crippen LogP contribution in [0.5, 0.6) is 0 Å². The quantitative estimate of drug-likeness (QED) is 0.407. The average molecular weight is 633 g/mol. The number of alkyl halides is 6. The number of fused-ring (bicyclic) bond motifs is 3. The zero-order valence-corrected chi connectivity index (χ0v) is 23.2. The Morgan fingerprint density at radius 1 is 1.14 bits per heavy atom. The summed E-state index contributed by atoms with van der Waals surface area (Å²) in [6.07, 6.45) is -8.16. The number of halogens is 7. The molecule has 43 heavy (non-hydrogen) atoms. The molecule has 2 amide bonds. The summed E-state index contributed by atoms with van der Waals surface area (Å²) in [5.74, 6) is -2.77. The summed E-state index contributed by atoms with van der Waals surface area (Å²) in [6, 6.07) is 1.20. The number of carbonyl (C=O) groups excluding carboxylic acids is 2. The lowest BCUT2D eigenvalue weighted by molar-refractivity contribution is -0.143. The normalized spacial score (nSPS) is 19.7. The lowest BCUT2D eigenvalue weighted by Gasteiger charge is -2.36. The monoisotopic (exact) mass is 632 g/mol. The fourth-order valence-electron chi connectivity index (χ4n) is 5.36. The Kier molecular flexibility index (Phi) is 7.47. The van der Waals surface area contributed by atoms with E-state index in [1.807, 2.05) is 0 Å². The highest BCUT2D eigenvalue weighted by Gasteiger charge is 2.44. The molecule has 0 aliphatic carbocycles. The maximum atomic E-state index is 13.8. The number of hydrogen-bond donors (Lipinski definition) is 1. The first-order valence-electron chi connectivity index (χ1n) is 12.9. The van der Waals surface area contributed by atoms with Gasteiger partial charge in [0.05, 0.1) is 41.1 Å². The predicted octanol–water partition coefficient (Wildman–Crippen LogP) is 4.74. The average Bonchev–Trinajstić information content (AvgIpc) is 3.50. The molecule has 0 saturated carbocycles. The molecule has 10 nitrogen and oxygen atoms in total. The van der Waals surface area contributed by atoms with Gasteiger partial charge in [-0.05, 0) is 38.1 Å². The van der Waals surface area contributed by atoms with Gasteiger partial charge in [-0.2, -0.15) is 36.5 Å². The van der Waals surface area contributed by atoms with Gasteiger partial charge >= 0.3 is 18.3 Å². The number of carboxylic acids is 1. The standard InChI is InChI=1S/C26H23ClF6N6O4/c1-12-7-19-15(9-37(12)22(40)14-3-4-17(27)16(8-14)26(31,32)33)21-23(41)38(10-20(24(42)43)39(21)35-19)13(2)18-5-6-36(34-18)11-25(28,29)30/h3-6,8,12-13,20H,7,9-11H2,1-2H3,(H,42,43)/t12-,13?,20+/m1/s1. The molecule has 2 aromatic heterocycles. The largest absolute Gasteiger partial charge is 0.480 e. The van der Waals surface area contributed by atoms with Crippen LogP contribution in [-0.2, 0) is 30.5 Å². The van der Waals surface area contributed by atoms with E-state index in [2.05, 4.69) is 10.2 Å². The topological polar surface area (TPSA) is 114 Å². The fourth-order valence-corrected chi connectivity index (χ4v) is 5.58. The van der Waals surface area contributed by atoms with Gasteiger partial charge in [-0.1, -0.05) is 11.6 Å². The Balaban J connectivity index is 1.49. The van der Waals surface area contributed by atoms with E-state index in [4.69, 9.17) is 11.6 Å². The van der Waals surface area contributed by atoms with E-state index < -0.39 is 65.4 Å². The molecule has 0 fully saturated rings. The van der Waals surface area contributed by atoms with Crippen LogP contribution in [0.4, 0.5) is 26.3 Å². The van der Waals surface area contributed by atoms with Gasteiger partial charge in [0.1, 0.15) is 12.2 Å². The van der Waals surface area contributed by atoms with Crippen molar-refractivity contribution < 1.29 is 45.8 Å². The van der Waals surface area contributed by atoms with Gasteiger partial charge in [0.25, 0.3) is 11.8 Å². The van der Waals surface area contributed by atoms with Crippen LogP contribution in [0.25, 0.3) is 0 Å². The molecule has 0 bridgehead atoms. The molecule has 4 heterocycles. The molecule has 230 valence electrons. The Labute approximate surface area is 244 Å². The zero-order valence-electron chi connectivity index (χ0n) is 22.4. The SMILES string of the molecule is CC(c1ccn(CC(F)(F)F)n1)N1C[C@@H](C(=O)O)n2nc3c(c2C1=O)CN(C(=O)c1ccc(Cl)c(C(F)(F)F)c1)[C@H](C)C3. The third kappa shape index (κ3) is 5.67. The van der Waals surface area contributed by atoms with E-state index in [1.54, 1.807) is 6.92 Å². The molecule has 0 saturated heterocycles. The molecule has 1 N–H and O–H groups in total. The molecular weight excluding hydrogens is 610 g/mol. The van der Waals surface area contributed by atoms with Crippen molar-refractivity contribution in [3.8, 4) is 0 Å². The van der Waals surface area contributed by atoms with Gasteiger partial charge in [0, 0.05) is 29.8 Å². The number of carbonyl (C=O) groups is 3. The van der Waals surface area contributed by atoms with Crippen molar-refractivity contribution in [2.45, 2.75) is 63.8 Å². The number of rotatable bonds is 5. The van der Waals surface area contributed by atoms with Crippen molar-refractivity contribution in [3.63, 3.8) is 0 Å². The van der Waals surface area contributed by atoms with Crippen LogP contribution in [0.1, 0.15) is 69.3 Å². The highest BCUT2D eigenvalue weighted by molar-refractivity contribution is 6.31. The lowest BCUT2D eigenvalue weighted by atomic mass is 9.96. The molecule has 1 aromatic carbocycles. The molecule has 3 aromatic rings. The van der Waals surface area contributed by atoms with Gasteiger partial charge in [-0.15, -0.1) is 0 Å². The van der Waals surface area contributed by atoms with Gasteiger partial charge < -0.3 is 14.9 Å². The smallest absolute Gasteiger partial charge is 0.417 e. The third-order valence-corrected chi connectivity index (χ3v) is 7.86. The van der Waals surface area contributed by atoms with Crippen molar-refractivity contribution in [1.82, 2.24) is 29.4 Å². The van der Waals surface area contributed by atoms with Crippen LogP contribution >= 0.6 is 11.6 Å². The fraction of sp³-hybridized carbons (Fsp3) is 0.423. The second kappa shape index (κ2) is 10.6.